The largest absolute Gasteiger partial charge is 0.492 e. The van der Waals surface area contributed by atoms with Gasteiger partial charge in [0.05, 0.1) is 0 Å². The number of carbonyl (C=O) groups is 2. The molecule has 5 rings (SSSR count). The molecule has 6 nitrogen and oxygen atoms in total. The summed E-state index contributed by atoms with van der Waals surface area (Å²) in [7, 11) is 1.88. The van der Waals surface area contributed by atoms with Crippen LogP contribution in [0, 0.1) is 0 Å². The normalized spacial score (nSPS) is 22.6. The van der Waals surface area contributed by atoms with Crippen LogP contribution in [-0.2, 0) is 9.59 Å². The van der Waals surface area contributed by atoms with Crippen LogP contribution in [0.5, 0.6) is 11.5 Å². The molecule has 2 amide bonds. The number of fused-ring (bicyclic) bond motifs is 2. The number of likely N-dealkylation sites (N-methyl/N-ethyl adjacent to an activating group) is 1. The van der Waals surface area contributed by atoms with Crippen LogP contribution < -0.4 is 9.47 Å². The Labute approximate surface area is 176 Å². The molecular weight excluding hydrogens is 380 g/mol. The van der Waals surface area contributed by atoms with Gasteiger partial charge in [0, 0.05) is 37.3 Å². The number of para-hydroxylation sites is 2. The molecule has 3 aliphatic rings. The predicted molar refractivity (Wildman–Crippen MR) is 112 cm³/mol. The van der Waals surface area contributed by atoms with Crippen LogP contribution in [0.3, 0.4) is 0 Å². The summed E-state index contributed by atoms with van der Waals surface area (Å²) in [6.45, 7) is 2.15. The van der Waals surface area contributed by atoms with Crippen LogP contribution in [0.2, 0.25) is 0 Å². The minimum Gasteiger partial charge on any atom is -0.492 e. The first kappa shape index (κ1) is 19.0. The van der Waals surface area contributed by atoms with Gasteiger partial charge in [0.25, 0.3) is 0 Å². The molecule has 0 aliphatic carbocycles. The average molecular weight is 406 g/mol. The third kappa shape index (κ3) is 3.20. The molecule has 0 saturated carbocycles. The van der Waals surface area contributed by atoms with Gasteiger partial charge in [0.1, 0.15) is 36.5 Å². The van der Waals surface area contributed by atoms with Crippen LogP contribution in [0.4, 0.5) is 0 Å². The second-order valence-electron chi connectivity index (χ2n) is 8.31. The lowest BCUT2D eigenvalue weighted by Crippen LogP contribution is -2.49. The lowest BCUT2D eigenvalue weighted by atomic mass is 9.95. The smallest absolute Gasteiger partial charge is 0.233 e. The summed E-state index contributed by atoms with van der Waals surface area (Å²) in [4.78, 5) is 30.0. The first-order valence-corrected chi connectivity index (χ1v) is 10.6. The third-order valence-electron chi connectivity index (χ3n) is 6.67. The number of ether oxygens (including phenoxy) is 2. The number of likely N-dealkylation sites (tertiary alicyclic amines) is 1. The minimum absolute atomic E-state index is 0.0999. The number of rotatable bonds is 3. The van der Waals surface area contributed by atoms with E-state index >= 15 is 0 Å². The van der Waals surface area contributed by atoms with Crippen molar-refractivity contribution in [2.75, 3.05) is 33.4 Å². The number of piperidine rings is 1. The van der Waals surface area contributed by atoms with E-state index in [4.69, 9.17) is 9.47 Å². The lowest BCUT2D eigenvalue weighted by Gasteiger charge is -2.38. The van der Waals surface area contributed by atoms with Gasteiger partial charge in [-0.2, -0.15) is 0 Å². The molecule has 1 saturated heterocycles. The maximum absolute atomic E-state index is 13.1. The van der Waals surface area contributed by atoms with E-state index in [1.807, 2.05) is 65.4 Å². The molecular formula is C24H26N2O4. The van der Waals surface area contributed by atoms with Crippen molar-refractivity contribution in [3.05, 3.63) is 59.7 Å². The van der Waals surface area contributed by atoms with Crippen LogP contribution in [0.1, 0.15) is 35.8 Å². The Kier molecular flexibility index (Phi) is 4.85. The van der Waals surface area contributed by atoms with Gasteiger partial charge in [-0.3, -0.25) is 9.59 Å². The number of hydrogen-bond donors (Lipinski definition) is 0. The molecule has 6 heteroatoms. The van der Waals surface area contributed by atoms with Crippen LogP contribution in [0.25, 0.3) is 0 Å². The standard InChI is InChI=1S/C24H26N2O4/c1-25(23(27)19-14-29-21-8-4-2-6-17(19)21)16-10-12-26(13-11-16)24(28)20-15-30-22-9-5-3-7-18(20)22/h2-9,16,19-20H,10-15H2,1H3/t19-,20-/m1/s1. The zero-order chi connectivity index (χ0) is 20.7. The number of nitrogens with zero attached hydrogens (tertiary/aromatic N) is 2. The van der Waals surface area contributed by atoms with Crippen molar-refractivity contribution >= 4 is 11.8 Å². The van der Waals surface area contributed by atoms with Crippen molar-refractivity contribution in [1.82, 2.24) is 9.80 Å². The van der Waals surface area contributed by atoms with Gasteiger partial charge in [-0.1, -0.05) is 36.4 Å². The first-order valence-electron chi connectivity index (χ1n) is 10.6. The number of amides is 2. The number of benzene rings is 2. The molecule has 2 atom stereocenters. The zero-order valence-corrected chi connectivity index (χ0v) is 17.1. The molecule has 30 heavy (non-hydrogen) atoms. The Morgan fingerprint density at radius 2 is 1.40 bits per heavy atom. The Balaban J connectivity index is 1.20. The van der Waals surface area contributed by atoms with Crippen molar-refractivity contribution in [3.8, 4) is 11.5 Å². The van der Waals surface area contributed by atoms with Crippen molar-refractivity contribution in [2.45, 2.75) is 30.7 Å². The highest BCUT2D eigenvalue weighted by molar-refractivity contribution is 5.86. The van der Waals surface area contributed by atoms with Gasteiger partial charge in [-0.05, 0) is 25.0 Å². The van der Waals surface area contributed by atoms with Gasteiger partial charge in [-0.15, -0.1) is 0 Å². The van der Waals surface area contributed by atoms with E-state index in [1.165, 1.54) is 0 Å². The highest BCUT2D eigenvalue weighted by Crippen LogP contribution is 2.37. The first-order chi connectivity index (χ1) is 14.6. The molecule has 2 aromatic carbocycles. The highest BCUT2D eigenvalue weighted by Gasteiger charge is 2.38. The van der Waals surface area contributed by atoms with Crippen LogP contribution in [-0.4, -0.2) is 61.0 Å². The van der Waals surface area contributed by atoms with Crippen LogP contribution >= 0.6 is 0 Å². The number of hydrogen-bond acceptors (Lipinski definition) is 4. The van der Waals surface area contributed by atoms with E-state index in [0.29, 0.717) is 26.3 Å². The van der Waals surface area contributed by atoms with E-state index in [0.717, 1.165) is 35.5 Å². The molecule has 0 spiro atoms. The third-order valence-corrected chi connectivity index (χ3v) is 6.67. The Morgan fingerprint density at radius 3 is 2.03 bits per heavy atom. The molecule has 0 aromatic heterocycles. The van der Waals surface area contributed by atoms with E-state index in [1.54, 1.807) is 0 Å². The van der Waals surface area contributed by atoms with E-state index < -0.39 is 0 Å². The van der Waals surface area contributed by atoms with Crippen molar-refractivity contribution in [3.63, 3.8) is 0 Å². The summed E-state index contributed by atoms with van der Waals surface area (Å²) in [6, 6.07) is 15.7. The van der Waals surface area contributed by atoms with Gasteiger partial charge < -0.3 is 19.3 Å². The molecule has 0 radical (unpaired) electrons. The molecule has 0 N–H and O–H groups in total. The minimum atomic E-state index is -0.238. The van der Waals surface area contributed by atoms with Gasteiger partial charge in [-0.25, -0.2) is 0 Å². The second-order valence-corrected chi connectivity index (χ2v) is 8.31. The monoisotopic (exact) mass is 406 g/mol. The SMILES string of the molecule is CN(C(=O)[C@@H]1COc2ccccc21)C1CCN(C(=O)[C@@H]2COc3ccccc32)CC1. The summed E-state index contributed by atoms with van der Waals surface area (Å²) in [5.74, 6) is 1.40. The Bertz CT molecular complexity index is 967. The Morgan fingerprint density at radius 1 is 0.867 bits per heavy atom. The number of carbonyl (C=O) groups excluding carboxylic acids is 2. The van der Waals surface area contributed by atoms with E-state index in [9.17, 15) is 9.59 Å². The Hall–Kier alpha value is -3.02. The highest BCUT2D eigenvalue weighted by atomic mass is 16.5. The fraction of sp³-hybridized carbons (Fsp3) is 0.417. The molecule has 1 fully saturated rings. The van der Waals surface area contributed by atoms with E-state index in [2.05, 4.69) is 0 Å². The summed E-state index contributed by atoms with van der Waals surface area (Å²) >= 11 is 0. The van der Waals surface area contributed by atoms with Gasteiger partial charge in [0.15, 0.2) is 0 Å². The fourth-order valence-corrected chi connectivity index (χ4v) is 4.85. The molecule has 0 unspecified atom stereocenters. The maximum atomic E-state index is 13.1. The van der Waals surface area contributed by atoms with Crippen molar-refractivity contribution in [1.29, 1.82) is 0 Å². The topological polar surface area (TPSA) is 59.1 Å². The van der Waals surface area contributed by atoms with Crippen LogP contribution in [0.15, 0.2) is 48.5 Å². The summed E-state index contributed by atoms with van der Waals surface area (Å²) in [6.07, 6.45) is 1.58. The van der Waals surface area contributed by atoms with Gasteiger partial charge in [0.2, 0.25) is 11.8 Å². The molecule has 2 aromatic rings. The van der Waals surface area contributed by atoms with Crippen molar-refractivity contribution in [2.24, 2.45) is 0 Å². The maximum Gasteiger partial charge on any atom is 0.233 e. The summed E-state index contributed by atoms with van der Waals surface area (Å²) in [5, 5.41) is 0. The molecule has 3 heterocycles. The summed E-state index contributed by atoms with van der Waals surface area (Å²) < 4.78 is 11.4. The quantitative estimate of drug-likeness (QED) is 0.787. The molecule has 0 bridgehead atoms. The summed E-state index contributed by atoms with van der Waals surface area (Å²) in [5.41, 5.74) is 1.96. The van der Waals surface area contributed by atoms with Gasteiger partial charge >= 0.3 is 0 Å². The van der Waals surface area contributed by atoms with E-state index in [-0.39, 0.29) is 29.7 Å². The fourth-order valence-electron chi connectivity index (χ4n) is 4.85. The average Bonchev–Trinajstić information content (AvgIpc) is 3.42. The second kappa shape index (κ2) is 7.67. The molecule has 3 aliphatic heterocycles. The zero-order valence-electron chi connectivity index (χ0n) is 17.1. The predicted octanol–water partition coefficient (Wildman–Crippen LogP) is 2.79. The molecule has 156 valence electrons. The van der Waals surface area contributed by atoms with Crippen molar-refractivity contribution < 1.29 is 19.1 Å². The lowest BCUT2D eigenvalue weighted by molar-refractivity contribution is -0.137.